The number of aryl methyl sites for hydroxylation is 1. The maximum atomic E-state index is 13.0. The van der Waals surface area contributed by atoms with Crippen LogP contribution < -0.4 is 5.32 Å². The lowest BCUT2D eigenvalue weighted by molar-refractivity contribution is -0.119. The first kappa shape index (κ1) is 16.4. The van der Waals surface area contributed by atoms with Gasteiger partial charge in [0.2, 0.25) is 0 Å². The van der Waals surface area contributed by atoms with Gasteiger partial charge in [0, 0.05) is 11.8 Å². The van der Waals surface area contributed by atoms with Crippen molar-refractivity contribution in [3.05, 3.63) is 59.2 Å². The van der Waals surface area contributed by atoms with Gasteiger partial charge >= 0.3 is 5.97 Å². The zero-order valence-corrected chi connectivity index (χ0v) is 12.1. The van der Waals surface area contributed by atoms with Crippen molar-refractivity contribution in [3.63, 3.8) is 0 Å². The van der Waals surface area contributed by atoms with Crippen molar-refractivity contribution in [1.82, 2.24) is 0 Å². The third-order valence-electron chi connectivity index (χ3n) is 2.91. The van der Waals surface area contributed by atoms with Gasteiger partial charge in [-0.05, 0) is 31.2 Å². The monoisotopic (exact) mass is 321 g/mol. The van der Waals surface area contributed by atoms with Gasteiger partial charge in [-0.1, -0.05) is 11.6 Å². The number of hydrogen-bond acceptors (Lipinski definition) is 4. The quantitative estimate of drug-likeness (QED) is 0.849. The average molecular weight is 321 g/mol. The number of aromatic hydroxyl groups is 1. The number of esters is 1. The highest BCUT2D eigenvalue weighted by Crippen LogP contribution is 2.19. The van der Waals surface area contributed by atoms with Crippen LogP contribution in [0.2, 0.25) is 0 Å². The zero-order valence-electron chi connectivity index (χ0n) is 12.1. The third-order valence-corrected chi connectivity index (χ3v) is 2.91. The maximum absolute atomic E-state index is 13.0. The molecule has 0 aromatic heterocycles. The molecule has 0 spiro atoms. The summed E-state index contributed by atoms with van der Waals surface area (Å²) >= 11 is 0. The van der Waals surface area contributed by atoms with Crippen molar-refractivity contribution in [2.75, 3.05) is 11.9 Å². The Morgan fingerprint density at radius 1 is 1.13 bits per heavy atom. The molecule has 0 saturated heterocycles. The number of hydrogen-bond donors (Lipinski definition) is 2. The van der Waals surface area contributed by atoms with Crippen LogP contribution >= 0.6 is 0 Å². The third kappa shape index (κ3) is 4.26. The number of anilines is 1. The van der Waals surface area contributed by atoms with Crippen molar-refractivity contribution in [2.24, 2.45) is 0 Å². The number of carbonyl (C=O) groups is 2. The first-order chi connectivity index (χ1) is 10.9. The molecule has 120 valence electrons. The van der Waals surface area contributed by atoms with Crippen LogP contribution in [0.4, 0.5) is 14.5 Å². The molecule has 2 N–H and O–H groups in total. The van der Waals surface area contributed by atoms with Crippen molar-refractivity contribution < 1.29 is 28.2 Å². The number of nitrogens with one attached hydrogen (secondary N) is 1. The summed E-state index contributed by atoms with van der Waals surface area (Å²) in [6.45, 7) is 1.09. The SMILES string of the molecule is Cc1ccc(O)c(C(=O)OCC(=O)Nc2ccc(F)c(F)c2)c1. The molecule has 2 aromatic carbocycles. The maximum Gasteiger partial charge on any atom is 0.342 e. The molecule has 0 aliphatic rings. The molecule has 5 nitrogen and oxygen atoms in total. The fraction of sp³-hybridized carbons (Fsp3) is 0.125. The van der Waals surface area contributed by atoms with E-state index in [1.165, 1.54) is 18.2 Å². The lowest BCUT2D eigenvalue weighted by Gasteiger charge is -2.08. The molecule has 0 atom stereocenters. The molecule has 0 saturated carbocycles. The molecule has 0 radical (unpaired) electrons. The number of rotatable bonds is 4. The topological polar surface area (TPSA) is 75.6 Å². The van der Waals surface area contributed by atoms with E-state index < -0.39 is 30.1 Å². The van der Waals surface area contributed by atoms with Crippen LogP contribution in [0.3, 0.4) is 0 Å². The van der Waals surface area contributed by atoms with Gasteiger partial charge in [0.25, 0.3) is 5.91 Å². The minimum Gasteiger partial charge on any atom is -0.507 e. The molecule has 0 fully saturated rings. The molecule has 2 aromatic rings. The van der Waals surface area contributed by atoms with Crippen LogP contribution in [0.15, 0.2) is 36.4 Å². The van der Waals surface area contributed by atoms with Gasteiger partial charge in [0.05, 0.1) is 0 Å². The molecule has 0 heterocycles. The summed E-state index contributed by atoms with van der Waals surface area (Å²) in [5.41, 5.74) is 0.704. The summed E-state index contributed by atoms with van der Waals surface area (Å²) in [5.74, 6) is -4.00. The summed E-state index contributed by atoms with van der Waals surface area (Å²) in [4.78, 5) is 23.4. The largest absolute Gasteiger partial charge is 0.507 e. The Balaban J connectivity index is 1.94. The number of halogens is 2. The molecule has 0 aliphatic carbocycles. The van der Waals surface area contributed by atoms with Crippen LogP contribution in [-0.2, 0) is 9.53 Å². The smallest absolute Gasteiger partial charge is 0.342 e. The number of ether oxygens (including phenoxy) is 1. The van der Waals surface area contributed by atoms with Crippen LogP contribution in [0, 0.1) is 18.6 Å². The van der Waals surface area contributed by atoms with Crippen molar-refractivity contribution >= 4 is 17.6 Å². The first-order valence-electron chi connectivity index (χ1n) is 6.58. The second-order valence-corrected chi connectivity index (χ2v) is 4.77. The van der Waals surface area contributed by atoms with Crippen molar-refractivity contribution in [2.45, 2.75) is 6.92 Å². The lowest BCUT2D eigenvalue weighted by Crippen LogP contribution is -2.21. The normalized spacial score (nSPS) is 10.2. The van der Waals surface area contributed by atoms with Gasteiger partial charge < -0.3 is 15.2 Å². The standard InChI is InChI=1S/C16H13F2NO4/c1-9-2-5-14(20)11(6-9)16(22)23-8-15(21)19-10-3-4-12(17)13(18)7-10/h2-7,20H,8H2,1H3,(H,19,21). The Kier molecular flexibility index (Phi) is 4.90. The fourth-order valence-corrected chi connectivity index (χ4v) is 1.79. The van der Waals surface area contributed by atoms with Gasteiger partial charge in [-0.25, -0.2) is 13.6 Å². The minimum atomic E-state index is -1.11. The average Bonchev–Trinajstić information content (AvgIpc) is 2.51. The summed E-state index contributed by atoms with van der Waals surface area (Å²) < 4.78 is 30.5. The Morgan fingerprint density at radius 2 is 1.87 bits per heavy atom. The van der Waals surface area contributed by atoms with E-state index in [1.807, 2.05) is 0 Å². The van der Waals surface area contributed by atoms with E-state index >= 15 is 0 Å². The van der Waals surface area contributed by atoms with Crippen LogP contribution in [0.1, 0.15) is 15.9 Å². The predicted octanol–water partition coefficient (Wildman–Crippen LogP) is 2.77. The highest BCUT2D eigenvalue weighted by molar-refractivity contribution is 5.96. The van der Waals surface area contributed by atoms with E-state index in [0.717, 1.165) is 17.7 Å². The molecular formula is C16H13F2NO4. The summed E-state index contributed by atoms with van der Waals surface area (Å²) in [7, 11) is 0. The Morgan fingerprint density at radius 3 is 2.57 bits per heavy atom. The molecule has 2 rings (SSSR count). The van der Waals surface area contributed by atoms with E-state index in [-0.39, 0.29) is 17.0 Å². The molecule has 0 bridgehead atoms. The second-order valence-electron chi connectivity index (χ2n) is 4.77. The van der Waals surface area contributed by atoms with E-state index in [0.29, 0.717) is 0 Å². The number of benzene rings is 2. The predicted molar refractivity (Wildman–Crippen MR) is 78.1 cm³/mol. The minimum absolute atomic E-state index is 0.0309. The van der Waals surface area contributed by atoms with Gasteiger partial charge in [-0.2, -0.15) is 0 Å². The Labute approximate surface area is 130 Å². The first-order valence-corrected chi connectivity index (χ1v) is 6.58. The molecule has 1 amide bonds. The second kappa shape index (κ2) is 6.87. The van der Waals surface area contributed by atoms with E-state index in [2.05, 4.69) is 5.32 Å². The molecule has 0 unspecified atom stereocenters. The number of phenols is 1. The molecule has 23 heavy (non-hydrogen) atoms. The Hall–Kier alpha value is -2.96. The van der Waals surface area contributed by atoms with Gasteiger partial charge in [-0.15, -0.1) is 0 Å². The lowest BCUT2D eigenvalue weighted by atomic mass is 10.1. The highest BCUT2D eigenvalue weighted by atomic mass is 19.2. The number of phenolic OH excluding ortho intramolecular Hbond substituents is 1. The number of carbonyl (C=O) groups excluding carboxylic acids is 2. The summed E-state index contributed by atoms with van der Waals surface area (Å²) in [6, 6.07) is 7.22. The van der Waals surface area contributed by atoms with Crippen molar-refractivity contribution in [3.8, 4) is 5.75 Å². The molecule has 0 aliphatic heterocycles. The summed E-state index contributed by atoms with van der Waals surface area (Å²) in [6.07, 6.45) is 0. The van der Waals surface area contributed by atoms with E-state index in [4.69, 9.17) is 4.74 Å². The van der Waals surface area contributed by atoms with Crippen molar-refractivity contribution in [1.29, 1.82) is 0 Å². The van der Waals surface area contributed by atoms with Crippen LogP contribution in [0.25, 0.3) is 0 Å². The molecular weight excluding hydrogens is 308 g/mol. The molecule has 7 heteroatoms. The number of amides is 1. The van der Waals surface area contributed by atoms with E-state index in [1.54, 1.807) is 13.0 Å². The zero-order chi connectivity index (χ0) is 17.0. The van der Waals surface area contributed by atoms with Gasteiger partial charge in [0.15, 0.2) is 18.2 Å². The van der Waals surface area contributed by atoms with E-state index in [9.17, 15) is 23.5 Å². The summed E-state index contributed by atoms with van der Waals surface area (Å²) in [5, 5.41) is 11.8. The van der Waals surface area contributed by atoms with Gasteiger partial charge in [-0.3, -0.25) is 4.79 Å². The van der Waals surface area contributed by atoms with Gasteiger partial charge in [0.1, 0.15) is 11.3 Å². The Bertz CT molecular complexity index is 762. The highest BCUT2D eigenvalue weighted by Gasteiger charge is 2.15. The fourth-order valence-electron chi connectivity index (χ4n) is 1.79. The van der Waals surface area contributed by atoms with Crippen LogP contribution in [0.5, 0.6) is 5.75 Å². The van der Waals surface area contributed by atoms with Crippen LogP contribution in [-0.4, -0.2) is 23.6 Å².